The van der Waals surface area contributed by atoms with Crippen LogP contribution in [0.3, 0.4) is 0 Å². The van der Waals surface area contributed by atoms with Crippen molar-refractivity contribution in [2.45, 2.75) is 75.4 Å². The third-order valence-corrected chi connectivity index (χ3v) is 9.11. The van der Waals surface area contributed by atoms with Crippen LogP contribution in [0.25, 0.3) is 5.76 Å². The van der Waals surface area contributed by atoms with Crippen LogP contribution in [0.2, 0.25) is 0 Å². The molecule has 0 radical (unpaired) electrons. The van der Waals surface area contributed by atoms with E-state index in [2.05, 4.69) is 6.92 Å². The summed E-state index contributed by atoms with van der Waals surface area (Å²) in [6.45, 7) is 3.79. The second kappa shape index (κ2) is 7.91. The highest BCUT2D eigenvalue weighted by Gasteiger charge is 2.65. The van der Waals surface area contributed by atoms with Crippen molar-refractivity contribution < 1.29 is 39.9 Å². The fourth-order valence-electron chi connectivity index (χ4n) is 7.09. The maximum absolute atomic E-state index is 13.8. The van der Waals surface area contributed by atoms with Crippen molar-refractivity contribution in [2.24, 2.45) is 17.6 Å². The second-order valence-corrected chi connectivity index (χ2v) is 11.0. The first-order chi connectivity index (χ1) is 16.9. The number of fused-ring (bicyclic) bond motifs is 3. The van der Waals surface area contributed by atoms with Crippen molar-refractivity contribution in [1.82, 2.24) is 0 Å². The molecule has 36 heavy (non-hydrogen) atoms. The Labute approximate surface area is 207 Å². The van der Waals surface area contributed by atoms with Crippen LogP contribution in [-0.4, -0.2) is 54.7 Å². The Balaban J connectivity index is 1.73. The Morgan fingerprint density at radius 3 is 2.33 bits per heavy atom. The van der Waals surface area contributed by atoms with Gasteiger partial charge in [0.15, 0.2) is 11.4 Å². The number of hydrogen-bond acceptors (Lipinski definition) is 8. The number of benzene rings is 1. The number of nitrogens with two attached hydrogens (primary N) is 1. The van der Waals surface area contributed by atoms with E-state index in [1.165, 1.54) is 0 Å². The summed E-state index contributed by atoms with van der Waals surface area (Å²) < 4.78 is 0. The van der Waals surface area contributed by atoms with Crippen LogP contribution in [-0.2, 0) is 19.8 Å². The number of Topliss-reactive ketones (excluding diaryl/α,β-unsaturated/α-hetero) is 2. The maximum atomic E-state index is 13.8. The van der Waals surface area contributed by atoms with Gasteiger partial charge < -0.3 is 31.3 Å². The summed E-state index contributed by atoms with van der Waals surface area (Å²) in [4.78, 5) is 38.1. The summed E-state index contributed by atoms with van der Waals surface area (Å²) in [6, 6.07) is 3.62. The summed E-state index contributed by atoms with van der Waals surface area (Å²) >= 11 is 0. The molecule has 0 aliphatic heterocycles. The van der Waals surface area contributed by atoms with Gasteiger partial charge in [-0.3, -0.25) is 14.4 Å². The van der Waals surface area contributed by atoms with Gasteiger partial charge in [-0.05, 0) is 29.7 Å². The van der Waals surface area contributed by atoms with Crippen LogP contribution in [0, 0.1) is 11.8 Å². The normalized spacial score (nSPS) is 33.7. The van der Waals surface area contributed by atoms with E-state index < -0.39 is 70.4 Å². The first-order valence-corrected chi connectivity index (χ1v) is 12.4. The van der Waals surface area contributed by atoms with Gasteiger partial charge in [-0.2, -0.15) is 0 Å². The Morgan fingerprint density at radius 2 is 1.72 bits per heavy atom. The number of ketones is 2. The molecular weight excluding hydrogens is 466 g/mol. The van der Waals surface area contributed by atoms with Crippen LogP contribution in [0.5, 0.6) is 5.75 Å². The fraction of sp³-hybridized carbons (Fsp3) is 0.519. The second-order valence-electron chi connectivity index (χ2n) is 11.0. The first kappa shape index (κ1) is 24.5. The van der Waals surface area contributed by atoms with E-state index in [-0.39, 0.29) is 22.3 Å². The number of carbonyl (C=O) groups is 3. The average molecular weight is 498 g/mol. The van der Waals surface area contributed by atoms with Crippen LogP contribution < -0.4 is 5.73 Å². The molecule has 5 unspecified atom stereocenters. The molecule has 0 spiro atoms. The predicted molar refractivity (Wildman–Crippen MR) is 128 cm³/mol. The van der Waals surface area contributed by atoms with E-state index in [1.807, 2.05) is 6.07 Å². The lowest BCUT2D eigenvalue weighted by molar-refractivity contribution is -0.160. The Bertz CT molecular complexity index is 1270. The molecule has 0 heterocycles. The summed E-state index contributed by atoms with van der Waals surface area (Å²) in [7, 11) is 0. The molecule has 0 bridgehead atoms. The number of primary amides is 1. The summed E-state index contributed by atoms with van der Waals surface area (Å²) in [6.07, 6.45) is 2.72. The standard InChI is InChI=1S/C27H31NO8/c1-11-12-6-7-13(26(2)8-4-3-5-9-26)20(30)17(12)22(32)19-16(11)21(31)14-10-15(29)18(25(28)35)23(33)27(14,36)24(19)34/h6-7,11,14,16,21,30-33,36H,3-5,8-10H2,1-2H3,(H2,28,35). The zero-order chi connectivity index (χ0) is 26.3. The fourth-order valence-corrected chi connectivity index (χ4v) is 7.09. The van der Waals surface area contributed by atoms with Gasteiger partial charge in [0, 0.05) is 29.4 Å². The largest absolute Gasteiger partial charge is 0.508 e. The molecule has 9 heteroatoms. The molecule has 5 rings (SSSR count). The monoisotopic (exact) mass is 497 g/mol. The van der Waals surface area contributed by atoms with Gasteiger partial charge in [-0.25, -0.2) is 0 Å². The minimum atomic E-state index is -2.82. The number of aliphatic hydroxyl groups excluding tert-OH is 3. The lowest BCUT2D eigenvalue weighted by atomic mass is 9.55. The van der Waals surface area contributed by atoms with E-state index in [4.69, 9.17) is 5.73 Å². The molecule has 0 aromatic heterocycles. The van der Waals surface area contributed by atoms with E-state index in [9.17, 15) is 39.9 Å². The van der Waals surface area contributed by atoms with Crippen molar-refractivity contribution in [3.05, 3.63) is 45.7 Å². The molecule has 7 N–H and O–H groups in total. The molecule has 0 saturated heterocycles. The van der Waals surface area contributed by atoms with E-state index in [0.29, 0.717) is 11.1 Å². The summed E-state index contributed by atoms with van der Waals surface area (Å²) in [5.41, 5.74) is 2.07. The highest BCUT2D eigenvalue weighted by atomic mass is 16.4. The number of hydrogen-bond donors (Lipinski definition) is 6. The number of phenols is 1. The average Bonchev–Trinajstić information content (AvgIpc) is 2.81. The third kappa shape index (κ3) is 2.99. The summed E-state index contributed by atoms with van der Waals surface area (Å²) in [5, 5.41) is 56.2. The highest BCUT2D eigenvalue weighted by Crippen LogP contribution is 2.57. The molecule has 1 aromatic rings. The minimum absolute atomic E-state index is 0.0612. The van der Waals surface area contributed by atoms with Crippen LogP contribution in [0.4, 0.5) is 0 Å². The van der Waals surface area contributed by atoms with Gasteiger partial charge in [0.1, 0.15) is 22.8 Å². The van der Waals surface area contributed by atoms with E-state index >= 15 is 0 Å². The quantitative estimate of drug-likeness (QED) is 0.337. The number of carbonyl (C=O) groups excluding carboxylic acids is 3. The molecule has 4 aliphatic carbocycles. The van der Waals surface area contributed by atoms with Crippen molar-refractivity contribution in [1.29, 1.82) is 0 Å². The van der Waals surface area contributed by atoms with Gasteiger partial charge in [0.05, 0.1) is 11.7 Å². The minimum Gasteiger partial charge on any atom is -0.508 e. The van der Waals surface area contributed by atoms with Crippen LogP contribution in [0.1, 0.15) is 75.0 Å². The highest BCUT2D eigenvalue weighted by molar-refractivity contribution is 6.23. The predicted octanol–water partition coefficient (Wildman–Crippen LogP) is 2.18. The van der Waals surface area contributed by atoms with E-state index in [0.717, 1.165) is 32.1 Å². The zero-order valence-electron chi connectivity index (χ0n) is 20.2. The zero-order valence-corrected chi connectivity index (χ0v) is 20.2. The molecule has 2 saturated carbocycles. The van der Waals surface area contributed by atoms with Crippen LogP contribution in [0.15, 0.2) is 29.0 Å². The Kier molecular flexibility index (Phi) is 5.39. The molecule has 4 aliphatic rings. The lowest BCUT2D eigenvalue weighted by Gasteiger charge is -2.50. The van der Waals surface area contributed by atoms with E-state index in [1.54, 1.807) is 13.0 Å². The molecule has 2 fully saturated rings. The number of amides is 1. The molecular formula is C27H31NO8. The number of rotatable bonds is 2. The van der Waals surface area contributed by atoms with Gasteiger partial charge in [0.2, 0.25) is 5.78 Å². The Morgan fingerprint density at radius 1 is 1.08 bits per heavy atom. The number of aromatic hydroxyl groups is 1. The lowest BCUT2D eigenvalue weighted by Crippen LogP contribution is -2.63. The van der Waals surface area contributed by atoms with Crippen LogP contribution >= 0.6 is 0 Å². The number of phenolic OH excluding ortho intramolecular Hbond substituents is 1. The molecule has 5 atom stereocenters. The van der Waals surface area contributed by atoms with Crippen molar-refractivity contribution in [2.75, 3.05) is 0 Å². The smallest absolute Gasteiger partial charge is 0.255 e. The molecule has 192 valence electrons. The first-order valence-electron chi connectivity index (χ1n) is 12.4. The third-order valence-electron chi connectivity index (χ3n) is 9.11. The van der Waals surface area contributed by atoms with Gasteiger partial charge >= 0.3 is 0 Å². The number of aliphatic hydroxyl groups is 4. The Hall–Kier alpha value is -3.17. The van der Waals surface area contributed by atoms with Gasteiger partial charge in [0.25, 0.3) is 5.91 Å². The topological polar surface area (TPSA) is 178 Å². The van der Waals surface area contributed by atoms with Crippen molar-refractivity contribution in [3.63, 3.8) is 0 Å². The molecule has 9 nitrogen and oxygen atoms in total. The summed E-state index contributed by atoms with van der Waals surface area (Å²) in [5.74, 6) is -8.31. The maximum Gasteiger partial charge on any atom is 0.255 e. The molecule has 1 amide bonds. The molecule has 1 aromatic carbocycles. The van der Waals surface area contributed by atoms with Gasteiger partial charge in [-0.15, -0.1) is 0 Å². The van der Waals surface area contributed by atoms with Crippen molar-refractivity contribution >= 4 is 23.2 Å². The SMILES string of the molecule is CC1c2ccc(C3(C)CCCCC3)c(O)c2C(O)=C2C(=O)C3(O)C(O)=C(C(N)=O)C(=O)CC3C(O)C21. The van der Waals surface area contributed by atoms with Gasteiger partial charge in [-0.1, -0.05) is 45.2 Å². The van der Waals surface area contributed by atoms with Crippen molar-refractivity contribution in [3.8, 4) is 5.75 Å².